The second kappa shape index (κ2) is 7.27. The summed E-state index contributed by atoms with van der Waals surface area (Å²) in [6, 6.07) is -0.925. The van der Waals surface area contributed by atoms with E-state index in [1.54, 1.807) is 41.5 Å². The van der Waals surface area contributed by atoms with E-state index in [1.807, 2.05) is 0 Å². The van der Waals surface area contributed by atoms with Gasteiger partial charge in [-0.15, -0.1) is 0 Å². The van der Waals surface area contributed by atoms with E-state index in [0.717, 1.165) is 10.0 Å². The van der Waals surface area contributed by atoms with E-state index in [2.05, 4.69) is 0 Å². The average Bonchev–Trinajstić information content (AvgIpc) is 2.41. The molecule has 1 fully saturated rings. The third kappa shape index (κ3) is 5.58. The molecule has 2 amide bonds. The van der Waals surface area contributed by atoms with E-state index < -0.39 is 35.4 Å². The first-order chi connectivity index (χ1) is 10.9. The summed E-state index contributed by atoms with van der Waals surface area (Å²) in [6.45, 7) is 10.6. The summed E-state index contributed by atoms with van der Waals surface area (Å²) in [6.07, 6.45) is -0.575. The SMILES string of the molecule is COC(=O)C1CCCN(C(=O)OC(C)(C)C)N1C(=O)OC(C)(C)C. The van der Waals surface area contributed by atoms with Crippen molar-refractivity contribution in [2.24, 2.45) is 0 Å². The first kappa shape index (κ1) is 20.1. The monoisotopic (exact) mass is 344 g/mol. The van der Waals surface area contributed by atoms with Crippen LogP contribution in [0.1, 0.15) is 54.4 Å². The molecular formula is C16H28N2O6. The molecule has 0 saturated carbocycles. The maximum atomic E-state index is 12.6. The second-order valence-electron chi connectivity index (χ2n) is 7.61. The zero-order chi connectivity index (χ0) is 18.7. The number of carbonyl (C=O) groups is 3. The van der Waals surface area contributed by atoms with Crippen molar-refractivity contribution >= 4 is 18.2 Å². The highest BCUT2D eigenvalue weighted by Crippen LogP contribution is 2.24. The average molecular weight is 344 g/mol. The van der Waals surface area contributed by atoms with Crippen molar-refractivity contribution in [1.82, 2.24) is 10.0 Å². The van der Waals surface area contributed by atoms with Crippen LogP contribution in [-0.4, -0.2) is 59.1 Å². The molecule has 0 aromatic rings. The highest BCUT2D eigenvalue weighted by Gasteiger charge is 2.43. The summed E-state index contributed by atoms with van der Waals surface area (Å²) in [4.78, 5) is 37.1. The largest absolute Gasteiger partial charge is 0.467 e. The molecule has 1 unspecified atom stereocenters. The van der Waals surface area contributed by atoms with Crippen molar-refractivity contribution < 1.29 is 28.6 Å². The van der Waals surface area contributed by atoms with E-state index in [9.17, 15) is 14.4 Å². The van der Waals surface area contributed by atoms with Gasteiger partial charge in [0.25, 0.3) is 0 Å². The zero-order valence-electron chi connectivity index (χ0n) is 15.5. The van der Waals surface area contributed by atoms with Crippen LogP contribution in [0.3, 0.4) is 0 Å². The van der Waals surface area contributed by atoms with E-state index in [1.165, 1.54) is 7.11 Å². The van der Waals surface area contributed by atoms with Crippen molar-refractivity contribution in [2.45, 2.75) is 71.6 Å². The van der Waals surface area contributed by atoms with Crippen LogP contribution in [0.25, 0.3) is 0 Å². The number of hydrogen-bond donors (Lipinski definition) is 0. The van der Waals surface area contributed by atoms with E-state index in [-0.39, 0.29) is 6.54 Å². The molecule has 0 aromatic heterocycles. The fourth-order valence-corrected chi connectivity index (χ4v) is 2.21. The summed E-state index contributed by atoms with van der Waals surface area (Å²) in [5, 5.41) is 2.12. The first-order valence-corrected chi connectivity index (χ1v) is 7.96. The molecule has 8 heteroatoms. The maximum absolute atomic E-state index is 12.6. The molecule has 1 heterocycles. The molecule has 0 N–H and O–H groups in total. The molecule has 0 radical (unpaired) electrons. The van der Waals surface area contributed by atoms with Gasteiger partial charge in [-0.05, 0) is 54.4 Å². The fraction of sp³-hybridized carbons (Fsp3) is 0.812. The summed E-state index contributed by atoms with van der Waals surface area (Å²) in [5.74, 6) is -0.603. The third-order valence-electron chi connectivity index (χ3n) is 3.06. The van der Waals surface area contributed by atoms with Crippen LogP contribution >= 0.6 is 0 Å². The Labute approximate surface area is 143 Å². The summed E-state index contributed by atoms with van der Waals surface area (Å²) in [7, 11) is 1.24. The molecule has 1 aliphatic heterocycles. The van der Waals surface area contributed by atoms with Crippen LogP contribution in [0.4, 0.5) is 9.59 Å². The van der Waals surface area contributed by atoms with Crippen molar-refractivity contribution in [1.29, 1.82) is 0 Å². The number of methoxy groups -OCH3 is 1. The molecule has 0 bridgehead atoms. The zero-order valence-corrected chi connectivity index (χ0v) is 15.5. The second-order valence-corrected chi connectivity index (χ2v) is 7.61. The van der Waals surface area contributed by atoms with Gasteiger partial charge in [0.05, 0.1) is 7.11 Å². The number of rotatable bonds is 1. The Morgan fingerprint density at radius 3 is 1.88 bits per heavy atom. The van der Waals surface area contributed by atoms with Crippen LogP contribution in [0.15, 0.2) is 0 Å². The lowest BCUT2D eigenvalue weighted by atomic mass is 10.1. The Hall–Kier alpha value is -1.99. The van der Waals surface area contributed by atoms with Gasteiger partial charge in [0, 0.05) is 6.54 Å². The highest BCUT2D eigenvalue weighted by atomic mass is 16.6. The molecule has 1 saturated heterocycles. The van der Waals surface area contributed by atoms with Crippen LogP contribution in [0, 0.1) is 0 Å². The minimum absolute atomic E-state index is 0.252. The Kier molecular flexibility index (Phi) is 6.08. The van der Waals surface area contributed by atoms with Crippen molar-refractivity contribution in [3.63, 3.8) is 0 Å². The van der Waals surface area contributed by atoms with E-state index in [0.29, 0.717) is 12.8 Å². The number of hydrazine groups is 1. The lowest BCUT2D eigenvalue weighted by molar-refractivity contribution is -0.159. The molecule has 1 atom stereocenters. The van der Waals surface area contributed by atoms with Crippen LogP contribution in [-0.2, 0) is 19.0 Å². The van der Waals surface area contributed by atoms with Gasteiger partial charge in [-0.25, -0.2) is 19.4 Å². The van der Waals surface area contributed by atoms with Crippen LogP contribution in [0.5, 0.6) is 0 Å². The molecule has 138 valence electrons. The van der Waals surface area contributed by atoms with Gasteiger partial charge in [-0.2, -0.15) is 5.01 Å². The van der Waals surface area contributed by atoms with Gasteiger partial charge in [-0.1, -0.05) is 0 Å². The number of hydrogen-bond acceptors (Lipinski definition) is 6. The summed E-state index contributed by atoms with van der Waals surface area (Å²) < 4.78 is 15.4. The minimum Gasteiger partial charge on any atom is -0.467 e. The summed E-state index contributed by atoms with van der Waals surface area (Å²) >= 11 is 0. The number of carbonyl (C=O) groups excluding carboxylic acids is 3. The number of esters is 1. The van der Waals surface area contributed by atoms with Gasteiger partial charge in [0.1, 0.15) is 11.2 Å². The summed E-state index contributed by atoms with van der Waals surface area (Å²) in [5.41, 5.74) is -1.50. The lowest BCUT2D eigenvalue weighted by Gasteiger charge is -2.42. The normalized spacial score (nSPS) is 18.9. The number of nitrogens with zero attached hydrogens (tertiary/aromatic N) is 2. The number of amides is 2. The maximum Gasteiger partial charge on any atom is 0.430 e. The molecule has 0 aromatic carbocycles. The van der Waals surface area contributed by atoms with Crippen molar-refractivity contribution in [2.75, 3.05) is 13.7 Å². The topological polar surface area (TPSA) is 85.4 Å². The highest BCUT2D eigenvalue weighted by molar-refractivity contribution is 5.83. The Balaban J connectivity index is 3.11. The van der Waals surface area contributed by atoms with Gasteiger partial charge in [0.15, 0.2) is 6.04 Å². The first-order valence-electron chi connectivity index (χ1n) is 7.96. The Morgan fingerprint density at radius 1 is 0.917 bits per heavy atom. The molecule has 24 heavy (non-hydrogen) atoms. The molecule has 1 aliphatic rings. The Morgan fingerprint density at radius 2 is 1.42 bits per heavy atom. The van der Waals surface area contributed by atoms with E-state index >= 15 is 0 Å². The number of ether oxygens (including phenoxy) is 3. The standard InChI is InChI=1S/C16H28N2O6/c1-15(2,3)23-13(20)17-10-8-9-11(12(19)22-7)18(17)14(21)24-16(4,5)6/h11H,8-10H2,1-7H3. The molecular weight excluding hydrogens is 316 g/mol. The minimum atomic E-state index is -0.925. The quantitative estimate of drug-likeness (QED) is 0.537. The van der Waals surface area contributed by atoms with Crippen LogP contribution < -0.4 is 0 Å². The smallest absolute Gasteiger partial charge is 0.430 e. The van der Waals surface area contributed by atoms with Crippen molar-refractivity contribution in [3.8, 4) is 0 Å². The van der Waals surface area contributed by atoms with Gasteiger partial charge in [0.2, 0.25) is 0 Å². The molecule has 1 rings (SSSR count). The van der Waals surface area contributed by atoms with Crippen LogP contribution in [0.2, 0.25) is 0 Å². The predicted molar refractivity (Wildman–Crippen MR) is 86.1 cm³/mol. The Bertz CT molecular complexity index is 492. The predicted octanol–water partition coefficient (Wildman–Crippen LogP) is 2.71. The van der Waals surface area contributed by atoms with Gasteiger partial charge in [-0.3, -0.25) is 0 Å². The van der Waals surface area contributed by atoms with E-state index in [4.69, 9.17) is 14.2 Å². The molecule has 8 nitrogen and oxygen atoms in total. The molecule has 0 aliphatic carbocycles. The van der Waals surface area contributed by atoms with Gasteiger partial charge < -0.3 is 14.2 Å². The fourth-order valence-electron chi connectivity index (χ4n) is 2.21. The van der Waals surface area contributed by atoms with Crippen molar-refractivity contribution in [3.05, 3.63) is 0 Å². The molecule has 0 spiro atoms. The third-order valence-corrected chi connectivity index (χ3v) is 3.06. The van der Waals surface area contributed by atoms with Gasteiger partial charge >= 0.3 is 18.2 Å². The lowest BCUT2D eigenvalue weighted by Crippen LogP contribution is -2.61.